The number of rotatable bonds is 5. The van der Waals surface area contributed by atoms with E-state index < -0.39 is 5.60 Å². The molecule has 192 valence electrons. The average Bonchev–Trinajstić information content (AvgIpc) is 3.62. The van der Waals surface area contributed by atoms with Gasteiger partial charge >= 0.3 is 6.09 Å². The molecule has 2 saturated heterocycles. The number of carbonyl (C=O) groups is 2. The van der Waals surface area contributed by atoms with E-state index in [-0.39, 0.29) is 18.0 Å². The van der Waals surface area contributed by atoms with Crippen molar-refractivity contribution in [3.63, 3.8) is 0 Å². The molecule has 2 N–H and O–H groups in total. The summed E-state index contributed by atoms with van der Waals surface area (Å²) in [6.07, 6.45) is 10.6. The van der Waals surface area contributed by atoms with Crippen molar-refractivity contribution in [3.8, 4) is 0 Å². The lowest BCUT2D eigenvalue weighted by molar-refractivity contribution is 0.0316. The highest BCUT2D eigenvalue weighted by Crippen LogP contribution is 2.34. The minimum Gasteiger partial charge on any atom is -0.441 e. The van der Waals surface area contributed by atoms with Crippen LogP contribution in [0.2, 0.25) is 0 Å². The zero-order chi connectivity index (χ0) is 25.6. The third-order valence-electron chi connectivity index (χ3n) is 7.33. The van der Waals surface area contributed by atoms with Crippen LogP contribution in [-0.4, -0.2) is 75.8 Å². The van der Waals surface area contributed by atoms with Crippen molar-refractivity contribution in [3.05, 3.63) is 48.4 Å². The molecular formula is C26H30N8O3. The summed E-state index contributed by atoms with van der Waals surface area (Å²) in [5.41, 5.74) is 1.59. The summed E-state index contributed by atoms with van der Waals surface area (Å²) < 4.78 is 7.78. The van der Waals surface area contributed by atoms with Crippen molar-refractivity contribution in [2.24, 2.45) is 0 Å². The van der Waals surface area contributed by atoms with E-state index in [9.17, 15) is 9.59 Å². The first-order chi connectivity index (χ1) is 17.9. The lowest BCUT2D eigenvalue weighted by Gasteiger charge is -2.31. The Bertz CT molecular complexity index is 1370. The molecule has 1 spiro atoms. The van der Waals surface area contributed by atoms with E-state index in [0.29, 0.717) is 35.3 Å². The van der Waals surface area contributed by atoms with Gasteiger partial charge in [0, 0.05) is 44.6 Å². The quantitative estimate of drug-likeness (QED) is 0.511. The van der Waals surface area contributed by atoms with Crippen LogP contribution in [0.15, 0.2) is 42.7 Å². The number of hydrogen-bond donors (Lipinski definition) is 2. The van der Waals surface area contributed by atoms with Gasteiger partial charge in [-0.2, -0.15) is 4.98 Å². The number of piperidine rings is 1. The van der Waals surface area contributed by atoms with Crippen LogP contribution in [0.1, 0.15) is 42.2 Å². The summed E-state index contributed by atoms with van der Waals surface area (Å²) >= 11 is 0. The minimum atomic E-state index is -0.418. The largest absolute Gasteiger partial charge is 0.441 e. The Morgan fingerprint density at radius 3 is 2.65 bits per heavy atom. The van der Waals surface area contributed by atoms with Crippen LogP contribution in [0, 0.1) is 0 Å². The topological polar surface area (TPSA) is 118 Å². The number of fused-ring (bicyclic) bond motifs is 1. The molecule has 3 aromatic rings. The Morgan fingerprint density at radius 2 is 1.95 bits per heavy atom. The van der Waals surface area contributed by atoms with Crippen LogP contribution in [0.3, 0.4) is 0 Å². The molecular weight excluding hydrogens is 472 g/mol. The van der Waals surface area contributed by atoms with E-state index >= 15 is 0 Å². The molecule has 6 rings (SSSR count). The first kappa shape index (κ1) is 23.4. The molecule has 0 saturated carbocycles. The van der Waals surface area contributed by atoms with E-state index in [1.54, 1.807) is 42.4 Å². The Labute approximate surface area is 214 Å². The van der Waals surface area contributed by atoms with E-state index in [1.165, 1.54) is 0 Å². The highest BCUT2D eigenvalue weighted by atomic mass is 16.6. The van der Waals surface area contributed by atoms with Crippen LogP contribution in [0.4, 0.5) is 22.2 Å². The molecule has 11 heteroatoms. The van der Waals surface area contributed by atoms with Gasteiger partial charge in [0.1, 0.15) is 22.8 Å². The molecule has 0 bridgehead atoms. The monoisotopic (exact) mass is 502 g/mol. The van der Waals surface area contributed by atoms with E-state index in [1.807, 2.05) is 16.7 Å². The fourth-order valence-corrected chi connectivity index (χ4v) is 5.34. The Morgan fingerprint density at radius 1 is 1.16 bits per heavy atom. The van der Waals surface area contributed by atoms with Gasteiger partial charge in [0.05, 0.1) is 18.4 Å². The second-order valence-corrected chi connectivity index (χ2v) is 10.1. The molecule has 0 atom stereocenters. The zero-order valence-electron chi connectivity index (χ0n) is 21.0. The highest BCUT2D eigenvalue weighted by molar-refractivity contribution is 5.98. The van der Waals surface area contributed by atoms with Crippen LogP contribution >= 0.6 is 0 Å². The van der Waals surface area contributed by atoms with E-state index in [0.717, 1.165) is 44.2 Å². The van der Waals surface area contributed by atoms with Crippen LogP contribution in [0.5, 0.6) is 0 Å². The number of allylic oxidation sites excluding steroid dienone is 2. The van der Waals surface area contributed by atoms with Gasteiger partial charge in [-0.1, -0.05) is 12.2 Å². The molecule has 37 heavy (non-hydrogen) atoms. The molecule has 0 radical (unpaired) electrons. The van der Waals surface area contributed by atoms with Crippen LogP contribution in [-0.2, 0) is 4.74 Å². The van der Waals surface area contributed by atoms with Crippen molar-refractivity contribution >= 4 is 40.5 Å². The number of amides is 2. The smallest absolute Gasteiger partial charge is 0.415 e. The number of carbonyl (C=O) groups excluding carboxylic acids is 2. The van der Waals surface area contributed by atoms with E-state index in [2.05, 4.69) is 32.8 Å². The lowest BCUT2D eigenvalue weighted by atomic mass is 9.92. The molecule has 2 fully saturated rings. The third kappa shape index (κ3) is 4.29. The molecule has 1 aliphatic carbocycles. The summed E-state index contributed by atoms with van der Waals surface area (Å²) in [5, 5.41) is 7.28. The fraction of sp³-hybridized carbons (Fsp3) is 0.423. The van der Waals surface area contributed by atoms with Gasteiger partial charge in [0.25, 0.3) is 5.91 Å². The normalized spacial score (nSPS) is 19.1. The zero-order valence-corrected chi connectivity index (χ0v) is 21.0. The summed E-state index contributed by atoms with van der Waals surface area (Å²) in [6, 6.07) is 5.64. The van der Waals surface area contributed by atoms with Crippen LogP contribution < -0.4 is 15.5 Å². The second kappa shape index (κ2) is 9.15. The standard InChI is InChI=1S/C26H30N8O3/c1-32(2)23(35)20-13-17-14-29-24(31-22(17)34(20)18-5-3-4-6-18)30-21-8-7-19(15-28-21)33-16-26(37-25(33)36)9-11-27-12-10-26/h3-4,7-8,13-15,18,27H,5-6,9-12,16H2,1-2H3,(H,28,29,30,31). The summed E-state index contributed by atoms with van der Waals surface area (Å²) in [4.78, 5) is 42.4. The molecule has 2 aliphatic heterocycles. The Balaban J connectivity index is 1.24. The number of aromatic nitrogens is 4. The van der Waals surface area contributed by atoms with Gasteiger partial charge in [-0.05, 0) is 44.1 Å². The Hall–Kier alpha value is -3.99. The molecule has 3 aromatic heterocycles. The number of nitrogens with zero attached hydrogens (tertiary/aromatic N) is 6. The van der Waals surface area contributed by atoms with Gasteiger partial charge in [-0.25, -0.2) is 14.8 Å². The van der Waals surface area contributed by atoms with Crippen molar-refractivity contribution in [2.75, 3.05) is 43.9 Å². The van der Waals surface area contributed by atoms with Gasteiger partial charge in [0.15, 0.2) is 0 Å². The van der Waals surface area contributed by atoms with Gasteiger partial charge in [0.2, 0.25) is 5.95 Å². The number of ether oxygens (including phenoxy) is 1. The highest BCUT2D eigenvalue weighted by Gasteiger charge is 2.46. The first-order valence-electron chi connectivity index (χ1n) is 12.6. The number of pyridine rings is 1. The molecule has 5 heterocycles. The van der Waals surface area contributed by atoms with Crippen molar-refractivity contribution in [2.45, 2.75) is 37.3 Å². The summed E-state index contributed by atoms with van der Waals surface area (Å²) in [6.45, 7) is 2.22. The van der Waals surface area contributed by atoms with Crippen molar-refractivity contribution in [1.82, 2.24) is 29.7 Å². The van der Waals surface area contributed by atoms with Gasteiger partial charge in [-0.15, -0.1) is 0 Å². The number of nitrogens with one attached hydrogen (secondary N) is 2. The predicted octanol–water partition coefficient (Wildman–Crippen LogP) is 3.24. The maximum Gasteiger partial charge on any atom is 0.415 e. The first-order valence-corrected chi connectivity index (χ1v) is 12.6. The van der Waals surface area contributed by atoms with Gasteiger partial charge < -0.3 is 24.8 Å². The van der Waals surface area contributed by atoms with E-state index in [4.69, 9.17) is 9.72 Å². The fourth-order valence-electron chi connectivity index (χ4n) is 5.34. The number of anilines is 3. The summed E-state index contributed by atoms with van der Waals surface area (Å²) in [5.74, 6) is 0.872. The van der Waals surface area contributed by atoms with Crippen LogP contribution in [0.25, 0.3) is 11.0 Å². The maximum atomic E-state index is 12.9. The third-order valence-corrected chi connectivity index (χ3v) is 7.33. The van der Waals surface area contributed by atoms with Crippen molar-refractivity contribution < 1.29 is 14.3 Å². The molecule has 0 aromatic carbocycles. The molecule has 3 aliphatic rings. The minimum absolute atomic E-state index is 0.0663. The summed E-state index contributed by atoms with van der Waals surface area (Å²) in [7, 11) is 3.50. The second-order valence-electron chi connectivity index (χ2n) is 10.1. The van der Waals surface area contributed by atoms with Crippen molar-refractivity contribution in [1.29, 1.82) is 0 Å². The molecule has 0 unspecified atom stereocenters. The maximum absolute atomic E-state index is 12.9. The SMILES string of the molecule is CN(C)C(=O)c1cc2cnc(Nc3ccc(N4CC5(CCNCC5)OC4=O)cn3)nc2n1C1CC=CC1. The lowest BCUT2D eigenvalue weighted by Crippen LogP contribution is -2.44. The molecule has 2 amide bonds. The Kier molecular flexibility index (Phi) is 5.79. The predicted molar refractivity (Wildman–Crippen MR) is 139 cm³/mol. The average molecular weight is 503 g/mol. The number of hydrogen-bond acceptors (Lipinski definition) is 8. The van der Waals surface area contributed by atoms with Gasteiger partial charge in [-0.3, -0.25) is 9.69 Å². The molecule has 11 nitrogen and oxygen atoms in total.